The van der Waals surface area contributed by atoms with Crippen LogP contribution in [0, 0.1) is 12.7 Å². The molecule has 0 saturated heterocycles. The van der Waals surface area contributed by atoms with Crippen molar-refractivity contribution in [2.24, 2.45) is 0 Å². The van der Waals surface area contributed by atoms with Crippen LogP contribution in [0.1, 0.15) is 5.69 Å². The molecule has 0 aliphatic carbocycles. The molecule has 0 fully saturated rings. The highest BCUT2D eigenvalue weighted by molar-refractivity contribution is 5.75. The standard InChI is InChI=1S/C14H12FN3/c1-9-3-2-4-12-17-13(14(16)18(9)12)10-5-7-11(15)8-6-10/h2-8H,16H2,1H3. The molecule has 0 aliphatic heterocycles. The Morgan fingerprint density at radius 1 is 1.11 bits per heavy atom. The van der Waals surface area contributed by atoms with E-state index in [1.807, 2.05) is 29.5 Å². The minimum absolute atomic E-state index is 0.266. The third-order valence-corrected chi connectivity index (χ3v) is 2.99. The lowest BCUT2D eigenvalue weighted by atomic mass is 10.1. The van der Waals surface area contributed by atoms with Crippen molar-refractivity contribution in [2.45, 2.75) is 6.92 Å². The molecular formula is C14H12FN3. The molecule has 4 heteroatoms. The van der Waals surface area contributed by atoms with Crippen LogP contribution in [0.15, 0.2) is 42.5 Å². The number of anilines is 1. The van der Waals surface area contributed by atoms with E-state index in [4.69, 9.17) is 5.73 Å². The molecule has 0 atom stereocenters. The Balaban J connectivity index is 2.27. The van der Waals surface area contributed by atoms with Gasteiger partial charge >= 0.3 is 0 Å². The maximum absolute atomic E-state index is 12.9. The zero-order chi connectivity index (χ0) is 12.7. The van der Waals surface area contributed by atoms with Crippen molar-refractivity contribution >= 4 is 11.5 Å². The molecule has 3 rings (SSSR count). The van der Waals surface area contributed by atoms with Gasteiger partial charge in [0.2, 0.25) is 0 Å². The fraction of sp³-hybridized carbons (Fsp3) is 0.0714. The van der Waals surface area contributed by atoms with Crippen LogP contribution in [0.2, 0.25) is 0 Å². The maximum atomic E-state index is 12.9. The average molecular weight is 241 g/mol. The van der Waals surface area contributed by atoms with Crippen molar-refractivity contribution in [3.05, 3.63) is 54.0 Å². The monoisotopic (exact) mass is 241 g/mol. The normalized spacial score (nSPS) is 11.0. The summed E-state index contributed by atoms with van der Waals surface area (Å²) in [4.78, 5) is 4.49. The largest absolute Gasteiger partial charge is 0.383 e. The smallest absolute Gasteiger partial charge is 0.139 e. The summed E-state index contributed by atoms with van der Waals surface area (Å²) in [6.07, 6.45) is 0. The summed E-state index contributed by atoms with van der Waals surface area (Å²) >= 11 is 0. The van der Waals surface area contributed by atoms with Gasteiger partial charge in [-0.25, -0.2) is 9.37 Å². The van der Waals surface area contributed by atoms with Crippen LogP contribution in [0.25, 0.3) is 16.9 Å². The van der Waals surface area contributed by atoms with Gasteiger partial charge in [0.25, 0.3) is 0 Å². The predicted molar refractivity (Wildman–Crippen MR) is 69.7 cm³/mol. The van der Waals surface area contributed by atoms with Gasteiger partial charge in [-0.2, -0.15) is 0 Å². The predicted octanol–water partition coefficient (Wildman–Crippen LogP) is 3.03. The van der Waals surface area contributed by atoms with Gasteiger partial charge in [-0.15, -0.1) is 0 Å². The molecule has 90 valence electrons. The van der Waals surface area contributed by atoms with E-state index in [1.165, 1.54) is 12.1 Å². The minimum Gasteiger partial charge on any atom is -0.383 e. The third kappa shape index (κ3) is 1.54. The first kappa shape index (κ1) is 10.8. The molecule has 18 heavy (non-hydrogen) atoms. The Labute approximate surface area is 104 Å². The van der Waals surface area contributed by atoms with E-state index < -0.39 is 0 Å². The molecule has 0 radical (unpaired) electrons. The van der Waals surface area contributed by atoms with Crippen LogP contribution in [-0.4, -0.2) is 9.38 Å². The molecule has 0 unspecified atom stereocenters. The minimum atomic E-state index is -0.266. The fourth-order valence-electron chi connectivity index (χ4n) is 2.10. The Hall–Kier alpha value is -2.36. The molecule has 2 aromatic heterocycles. The SMILES string of the molecule is Cc1cccc2nc(-c3ccc(F)cc3)c(N)n12. The molecule has 3 nitrogen and oxygen atoms in total. The number of pyridine rings is 1. The highest BCUT2D eigenvalue weighted by Crippen LogP contribution is 2.27. The van der Waals surface area contributed by atoms with Gasteiger partial charge in [0, 0.05) is 11.3 Å². The number of imidazole rings is 1. The number of aryl methyl sites for hydroxylation is 1. The number of hydrogen-bond donors (Lipinski definition) is 1. The number of nitrogen functional groups attached to an aromatic ring is 1. The molecule has 0 aliphatic rings. The highest BCUT2D eigenvalue weighted by Gasteiger charge is 2.12. The lowest BCUT2D eigenvalue weighted by molar-refractivity contribution is 0.628. The van der Waals surface area contributed by atoms with Gasteiger partial charge in [0.15, 0.2) is 0 Å². The number of halogens is 1. The first-order valence-corrected chi connectivity index (χ1v) is 5.66. The third-order valence-electron chi connectivity index (χ3n) is 2.99. The molecule has 1 aromatic carbocycles. The first-order valence-electron chi connectivity index (χ1n) is 5.66. The van der Waals surface area contributed by atoms with Crippen LogP contribution in [0.4, 0.5) is 10.2 Å². The summed E-state index contributed by atoms with van der Waals surface area (Å²) < 4.78 is 14.8. The van der Waals surface area contributed by atoms with E-state index in [9.17, 15) is 4.39 Å². The summed E-state index contributed by atoms with van der Waals surface area (Å²) in [5.74, 6) is 0.312. The molecule has 3 aromatic rings. The number of aromatic nitrogens is 2. The van der Waals surface area contributed by atoms with E-state index in [-0.39, 0.29) is 5.82 Å². The van der Waals surface area contributed by atoms with Crippen molar-refractivity contribution in [1.82, 2.24) is 9.38 Å². The van der Waals surface area contributed by atoms with Gasteiger partial charge in [-0.1, -0.05) is 6.07 Å². The average Bonchev–Trinajstić information content (AvgIpc) is 2.69. The summed E-state index contributed by atoms with van der Waals surface area (Å²) in [6, 6.07) is 12.0. The van der Waals surface area contributed by atoms with E-state index >= 15 is 0 Å². The van der Waals surface area contributed by atoms with E-state index in [0.717, 1.165) is 16.9 Å². The van der Waals surface area contributed by atoms with E-state index in [2.05, 4.69) is 4.98 Å². The molecule has 2 N–H and O–H groups in total. The van der Waals surface area contributed by atoms with Crippen LogP contribution >= 0.6 is 0 Å². The second kappa shape index (κ2) is 3.84. The van der Waals surface area contributed by atoms with E-state index in [1.54, 1.807) is 12.1 Å². The zero-order valence-electron chi connectivity index (χ0n) is 9.89. The molecule has 0 bridgehead atoms. The Morgan fingerprint density at radius 3 is 2.50 bits per heavy atom. The Bertz CT molecular complexity index is 714. The molecular weight excluding hydrogens is 229 g/mol. The Morgan fingerprint density at radius 2 is 1.83 bits per heavy atom. The second-order valence-corrected chi connectivity index (χ2v) is 4.21. The summed E-state index contributed by atoms with van der Waals surface area (Å²) in [6.45, 7) is 1.97. The van der Waals surface area contributed by atoms with Crippen LogP contribution in [0.5, 0.6) is 0 Å². The number of fused-ring (bicyclic) bond motifs is 1. The summed E-state index contributed by atoms with van der Waals surface area (Å²) in [5, 5.41) is 0. The summed E-state index contributed by atoms with van der Waals surface area (Å²) in [7, 11) is 0. The maximum Gasteiger partial charge on any atom is 0.139 e. The lowest BCUT2D eigenvalue weighted by Gasteiger charge is -2.02. The zero-order valence-corrected chi connectivity index (χ0v) is 9.89. The van der Waals surface area contributed by atoms with Crippen molar-refractivity contribution in [3.8, 4) is 11.3 Å². The van der Waals surface area contributed by atoms with Gasteiger partial charge < -0.3 is 5.73 Å². The lowest BCUT2D eigenvalue weighted by Crippen LogP contribution is -1.97. The number of rotatable bonds is 1. The van der Waals surface area contributed by atoms with Gasteiger partial charge in [0.05, 0.1) is 0 Å². The number of nitrogens with two attached hydrogens (primary N) is 1. The fourth-order valence-corrected chi connectivity index (χ4v) is 2.10. The highest BCUT2D eigenvalue weighted by atomic mass is 19.1. The van der Waals surface area contributed by atoms with Crippen LogP contribution < -0.4 is 5.73 Å². The van der Waals surface area contributed by atoms with Gasteiger partial charge in [-0.3, -0.25) is 4.40 Å². The van der Waals surface area contributed by atoms with Crippen molar-refractivity contribution in [2.75, 3.05) is 5.73 Å². The topological polar surface area (TPSA) is 43.3 Å². The molecule has 0 amide bonds. The van der Waals surface area contributed by atoms with Gasteiger partial charge in [-0.05, 0) is 43.3 Å². The van der Waals surface area contributed by atoms with Gasteiger partial charge in [0.1, 0.15) is 23.0 Å². The number of hydrogen-bond acceptors (Lipinski definition) is 2. The van der Waals surface area contributed by atoms with Crippen molar-refractivity contribution in [3.63, 3.8) is 0 Å². The van der Waals surface area contributed by atoms with Crippen LogP contribution in [-0.2, 0) is 0 Å². The van der Waals surface area contributed by atoms with Crippen molar-refractivity contribution < 1.29 is 4.39 Å². The van der Waals surface area contributed by atoms with E-state index in [0.29, 0.717) is 11.5 Å². The Kier molecular flexibility index (Phi) is 2.30. The van der Waals surface area contributed by atoms with Crippen LogP contribution in [0.3, 0.4) is 0 Å². The number of benzene rings is 1. The molecule has 0 spiro atoms. The quantitative estimate of drug-likeness (QED) is 0.711. The molecule has 0 saturated carbocycles. The van der Waals surface area contributed by atoms with Crippen molar-refractivity contribution in [1.29, 1.82) is 0 Å². The summed E-state index contributed by atoms with van der Waals surface area (Å²) in [5.41, 5.74) is 9.44. The second-order valence-electron chi connectivity index (χ2n) is 4.21. The molecule has 2 heterocycles. The number of nitrogens with zero attached hydrogens (tertiary/aromatic N) is 2. The first-order chi connectivity index (χ1) is 8.66.